The number of rotatable bonds is 8. The summed E-state index contributed by atoms with van der Waals surface area (Å²) in [5.41, 5.74) is 0.860. The van der Waals surface area contributed by atoms with Crippen molar-refractivity contribution >= 4 is 17.9 Å². The Kier molecular flexibility index (Phi) is 8.46. The highest BCUT2D eigenvalue weighted by molar-refractivity contribution is 5.89. The summed E-state index contributed by atoms with van der Waals surface area (Å²) in [4.78, 5) is 37.3. The quantitative estimate of drug-likeness (QED) is 0.745. The maximum atomic E-state index is 12.3. The minimum atomic E-state index is -0.761. The van der Waals surface area contributed by atoms with E-state index < -0.39 is 18.0 Å². The second-order valence-corrected chi connectivity index (χ2v) is 6.08. The van der Waals surface area contributed by atoms with E-state index >= 15 is 0 Å². The van der Waals surface area contributed by atoms with Gasteiger partial charge in [-0.15, -0.1) is 0 Å². The number of carbonyl (C=O) groups is 3. The van der Waals surface area contributed by atoms with Crippen LogP contribution in [0.3, 0.4) is 0 Å². The minimum Gasteiger partial charge on any atom is -0.445 e. The summed E-state index contributed by atoms with van der Waals surface area (Å²) in [6, 6.07) is 8.52. The number of alkyl carbamates (subject to hydrolysis) is 1. The molecular formula is C18H27N3O4. The molecular weight excluding hydrogens is 322 g/mol. The molecule has 0 aliphatic heterocycles. The number of hydrogen-bond acceptors (Lipinski definition) is 4. The Bertz CT molecular complexity index is 575. The number of nitrogens with one attached hydrogen (secondary N) is 2. The molecule has 0 radical (unpaired) electrons. The topological polar surface area (TPSA) is 87.7 Å². The van der Waals surface area contributed by atoms with E-state index in [1.807, 2.05) is 44.2 Å². The number of ether oxygens (including phenoxy) is 1. The standard InChI is InChI=1S/C18H27N3O4/c1-5-13(2)16(17(23)19-11-15(22)21(3)4)20-18(24)25-12-14-9-7-6-8-10-14/h6-10,13,16H,5,11-12H2,1-4H3,(H,19,23)(H,20,24)/t13-,16-/m0/s1. The van der Waals surface area contributed by atoms with E-state index in [0.717, 1.165) is 5.56 Å². The van der Waals surface area contributed by atoms with Gasteiger partial charge in [0.15, 0.2) is 0 Å². The largest absolute Gasteiger partial charge is 0.445 e. The van der Waals surface area contributed by atoms with Crippen molar-refractivity contribution < 1.29 is 19.1 Å². The molecule has 2 atom stereocenters. The molecule has 7 heteroatoms. The van der Waals surface area contributed by atoms with Crippen LogP contribution in [0.4, 0.5) is 4.79 Å². The van der Waals surface area contributed by atoms with Gasteiger partial charge in [0.1, 0.15) is 12.6 Å². The van der Waals surface area contributed by atoms with E-state index in [1.165, 1.54) is 4.90 Å². The molecule has 25 heavy (non-hydrogen) atoms. The van der Waals surface area contributed by atoms with Gasteiger partial charge in [-0.3, -0.25) is 9.59 Å². The zero-order valence-electron chi connectivity index (χ0n) is 15.2. The van der Waals surface area contributed by atoms with E-state index in [2.05, 4.69) is 10.6 Å². The summed E-state index contributed by atoms with van der Waals surface area (Å²) in [5.74, 6) is -0.720. The van der Waals surface area contributed by atoms with Crippen LogP contribution in [0, 0.1) is 5.92 Å². The fraction of sp³-hybridized carbons (Fsp3) is 0.500. The van der Waals surface area contributed by atoms with Crippen LogP contribution in [0.2, 0.25) is 0 Å². The molecule has 1 aromatic carbocycles. The van der Waals surface area contributed by atoms with Crippen molar-refractivity contribution in [3.63, 3.8) is 0 Å². The second-order valence-electron chi connectivity index (χ2n) is 6.08. The van der Waals surface area contributed by atoms with E-state index in [9.17, 15) is 14.4 Å². The van der Waals surface area contributed by atoms with Crippen LogP contribution in [0.25, 0.3) is 0 Å². The lowest BCUT2D eigenvalue weighted by atomic mass is 9.98. The lowest BCUT2D eigenvalue weighted by Crippen LogP contribution is -2.51. The summed E-state index contributed by atoms with van der Waals surface area (Å²) >= 11 is 0. The molecule has 7 nitrogen and oxygen atoms in total. The summed E-state index contributed by atoms with van der Waals surface area (Å²) in [6.07, 6.45) is 0.0295. The first-order valence-electron chi connectivity index (χ1n) is 8.30. The van der Waals surface area contributed by atoms with Gasteiger partial charge < -0.3 is 20.3 Å². The fourth-order valence-corrected chi connectivity index (χ4v) is 2.02. The number of hydrogen-bond donors (Lipinski definition) is 2. The Morgan fingerprint density at radius 3 is 2.36 bits per heavy atom. The summed E-state index contributed by atoms with van der Waals surface area (Å²) in [5, 5.41) is 5.15. The van der Waals surface area contributed by atoms with Crippen molar-refractivity contribution in [3.05, 3.63) is 35.9 Å². The molecule has 0 saturated heterocycles. The van der Waals surface area contributed by atoms with Crippen molar-refractivity contribution in [1.29, 1.82) is 0 Å². The molecule has 1 aromatic rings. The molecule has 0 unspecified atom stereocenters. The molecule has 1 rings (SSSR count). The molecule has 0 saturated carbocycles. The fourth-order valence-electron chi connectivity index (χ4n) is 2.02. The zero-order chi connectivity index (χ0) is 18.8. The number of likely N-dealkylation sites (N-methyl/N-ethyl adjacent to an activating group) is 1. The van der Waals surface area contributed by atoms with Gasteiger partial charge in [-0.1, -0.05) is 50.6 Å². The Labute approximate surface area is 148 Å². The van der Waals surface area contributed by atoms with Crippen molar-refractivity contribution in [1.82, 2.24) is 15.5 Å². The van der Waals surface area contributed by atoms with E-state index in [1.54, 1.807) is 14.1 Å². The van der Waals surface area contributed by atoms with Crippen LogP contribution in [-0.4, -0.2) is 49.5 Å². The average molecular weight is 349 g/mol. The van der Waals surface area contributed by atoms with Gasteiger partial charge in [-0.05, 0) is 11.5 Å². The molecule has 3 amide bonds. The Morgan fingerprint density at radius 2 is 1.80 bits per heavy atom. The number of amides is 3. The van der Waals surface area contributed by atoms with Gasteiger partial charge >= 0.3 is 6.09 Å². The first kappa shape index (κ1) is 20.5. The van der Waals surface area contributed by atoms with Crippen molar-refractivity contribution in [2.45, 2.75) is 32.9 Å². The van der Waals surface area contributed by atoms with Gasteiger partial charge in [-0.2, -0.15) is 0 Å². The van der Waals surface area contributed by atoms with Crippen molar-refractivity contribution in [3.8, 4) is 0 Å². The van der Waals surface area contributed by atoms with E-state index in [4.69, 9.17) is 4.74 Å². The predicted octanol–water partition coefficient (Wildman–Crippen LogP) is 1.53. The smallest absolute Gasteiger partial charge is 0.408 e. The highest BCUT2D eigenvalue weighted by Crippen LogP contribution is 2.09. The molecule has 0 aliphatic rings. The van der Waals surface area contributed by atoms with Crippen LogP contribution in [-0.2, 0) is 20.9 Å². The maximum absolute atomic E-state index is 12.3. The Hall–Kier alpha value is -2.57. The predicted molar refractivity (Wildman–Crippen MR) is 94.7 cm³/mol. The first-order valence-corrected chi connectivity index (χ1v) is 8.30. The molecule has 0 aromatic heterocycles. The molecule has 2 N–H and O–H groups in total. The maximum Gasteiger partial charge on any atom is 0.408 e. The third-order valence-corrected chi connectivity index (χ3v) is 3.89. The van der Waals surface area contributed by atoms with Gasteiger partial charge in [0.2, 0.25) is 11.8 Å². The van der Waals surface area contributed by atoms with Crippen molar-refractivity contribution in [2.24, 2.45) is 5.92 Å². The molecule has 138 valence electrons. The second kappa shape index (κ2) is 10.3. The summed E-state index contributed by atoms with van der Waals surface area (Å²) < 4.78 is 5.16. The molecule has 0 bridgehead atoms. The zero-order valence-corrected chi connectivity index (χ0v) is 15.2. The monoisotopic (exact) mass is 349 g/mol. The lowest BCUT2D eigenvalue weighted by Gasteiger charge is -2.23. The van der Waals surface area contributed by atoms with Crippen LogP contribution < -0.4 is 10.6 Å². The van der Waals surface area contributed by atoms with Crippen LogP contribution >= 0.6 is 0 Å². The highest BCUT2D eigenvalue weighted by atomic mass is 16.5. The van der Waals surface area contributed by atoms with E-state index in [-0.39, 0.29) is 25.0 Å². The minimum absolute atomic E-state index is 0.0984. The molecule has 0 aliphatic carbocycles. The summed E-state index contributed by atoms with van der Waals surface area (Å²) in [6.45, 7) is 3.79. The normalized spacial score (nSPS) is 12.6. The third-order valence-electron chi connectivity index (χ3n) is 3.89. The number of benzene rings is 1. The molecule has 0 spiro atoms. The Balaban J connectivity index is 2.58. The number of carbonyl (C=O) groups excluding carboxylic acids is 3. The van der Waals surface area contributed by atoms with Gasteiger partial charge in [0.05, 0.1) is 6.54 Å². The van der Waals surface area contributed by atoms with Gasteiger partial charge in [0.25, 0.3) is 0 Å². The average Bonchev–Trinajstić information content (AvgIpc) is 2.62. The first-order chi connectivity index (χ1) is 11.8. The third kappa shape index (κ3) is 7.24. The van der Waals surface area contributed by atoms with Gasteiger partial charge in [-0.25, -0.2) is 4.79 Å². The molecule has 0 heterocycles. The highest BCUT2D eigenvalue weighted by Gasteiger charge is 2.26. The van der Waals surface area contributed by atoms with Gasteiger partial charge in [0, 0.05) is 14.1 Å². The lowest BCUT2D eigenvalue weighted by molar-refractivity contribution is -0.131. The SMILES string of the molecule is CC[C@H](C)[C@H](NC(=O)OCc1ccccc1)C(=O)NCC(=O)N(C)C. The van der Waals surface area contributed by atoms with E-state index in [0.29, 0.717) is 6.42 Å². The van der Waals surface area contributed by atoms with Crippen LogP contribution in [0.5, 0.6) is 0 Å². The van der Waals surface area contributed by atoms with Crippen LogP contribution in [0.1, 0.15) is 25.8 Å². The van der Waals surface area contributed by atoms with Crippen LogP contribution in [0.15, 0.2) is 30.3 Å². The molecule has 0 fully saturated rings. The van der Waals surface area contributed by atoms with Crippen molar-refractivity contribution in [2.75, 3.05) is 20.6 Å². The Morgan fingerprint density at radius 1 is 1.16 bits per heavy atom. The summed E-state index contributed by atoms with van der Waals surface area (Å²) in [7, 11) is 3.22. The number of nitrogens with zero attached hydrogens (tertiary/aromatic N) is 1.